The molecule has 2 atom stereocenters. The summed E-state index contributed by atoms with van der Waals surface area (Å²) in [6, 6.07) is -0.0956. The van der Waals surface area contributed by atoms with Crippen LogP contribution in [0.4, 0.5) is 4.79 Å². The minimum atomic E-state index is -1.20. The maximum absolute atomic E-state index is 11.7. The summed E-state index contributed by atoms with van der Waals surface area (Å²) in [5, 5.41) is 17.7. The van der Waals surface area contributed by atoms with Crippen LogP contribution >= 0.6 is 11.3 Å². The van der Waals surface area contributed by atoms with E-state index in [9.17, 15) is 14.4 Å². The average Bonchev–Trinajstić information content (AvgIpc) is 2.87. The van der Waals surface area contributed by atoms with Crippen molar-refractivity contribution in [1.82, 2.24) is 10.6 Å². The normalized spacial score (nSPS) is 13.2. The van der Waals surface area contributed by atoms with E-state index in [0.29, 0.717) is 0 Å². The highest BCUT2D eigenvalue weighted by molar-refractivity contribution is 7.07. The first-order chi connectivity index (χ1) is 9.40. The molecule has 20 heavy (non-hydrogen) atoms. The number of carbonyl (C=O) groups excluding carboxylic acids is 2. The molecule has 0 radical (unpaired) electrons. The van der Waals surface area contributed by atoms with Gasteiger partial charge in [0.1, 0.15) is 6.04 Å². The number of thiophene rings is 1. The van der Waals surface area contributed by atoms with E-state index < -0.39 is 23.9 Å². The molecule has 3 amide bonds. The van der Waals surface area contributed by atoms with Gasteiger partial charge in [-0.1, -0.05) is 0 Å². The summed E-state index contributed by atoms with van der Waals surface area (Å²) in [5.74, 6) is -1.81. The Labute approximate surface area is 120 Å². The molecular formula is C12H17N3O4S. The Morgan fingerprint density at radius 1 is 1.40 bits per heavy atom. The molecule has 0 aliphatic heterocycles. The molecule has 110 valence electrons. The molecule has 1 heterocycles. The molecule has 1 rings (SSSR count). The topological polar surface area (TPSA) is 122 Å². The van der Waals surface area contributed by atoms with Gasteiger partial charge < -0.3 is 21.5 Å². The minimum Gasteiger partial charge on any atom is -0.480 e. The molecule has 8 heteroatoms. The van der Waals surface area contributed by atoms with E-state index in [1.54, 1.807) is 6.92 Å². The van der Waals surface area contributed by atoms with Gasteiger partial charge in [-0.2, -0.15) is 11.3 Å². The first-order valence-corrected chi connectivity index (χ1v) is 6.94. The summed E-state index contributed by atoms with van der Waals surface area (Å²) < 4.78 is 0. The van der Waals surface area contributed by atoms with Crippen molar-refractivity contribution >= 4 is 29.2 Å². The number of nitrogens with two attached hydrogens (primary N) is 1. The predicted octanol–water partition coefficient (Wildman–Crippen LogP) is 0.827. The molecule has 0 spiro atoms. The predicted molar refractivity (Wildman–Crippen MR) is 74.3 cm³/mol. The zero-order valence-corrected chi connectivity index (χ0v) is 11.8. The van der Waals surface area contributed by atoms with Crippen molar-refractivity contribution in [2.75, 3.05) is 0 Å². The van der Waals surface area contributed by atoms with Crippen molar-refractivity contribution in [1.29, 1.82) is 0 Å². The van der Waals surface area contributed by atoms with Gasteiger partial charge in [0.15, 0.2) is 0 Å². The SMILES string of the molecule is CC(NC(=O)N[C@H](CCC(N)=O)C(=O)O)c1ccsc1. The van der Waals surface area contributed by atoms with Gasteiger partial charge in [0.25, 0.3) is 0 Å². The van der Waals surface area contributed by atoms with Gasteiger partial charge in [-0.25, -0.2) is 9.59 Å². The van der Waals surface area contributed by atoms with Crippen LogP contribution in [0.25, 0.3) is 0 Å². The lowest BCUT2D eigenvalue weighted by atomic mass is 10.1. The molecule has 0 aromatic carbocycles. The largest absolute Gasteiger partial charge is 0.480 e. The highest BCUT2D eigenvalue weighted by Gasteiger charge is 2.21. The van der Waals surface area contributed by atoms with Crippen molar-refractivity contribution in [2.24, 2.45) is 5.73 Å². The molecule has 0 fully saturated rings. The van der Waals surface area contributed by atoms with Crippen LogP contribution in [0.3, 0.4) is 0 Å². The van der Waals surface area contributed by atoms with E-state index >= 15 is 0 Å². The standard InChI is InChI=1S/C12H17N3O4S/c1-7(8-4-5-20-6-8)14-12(19)15-9(11(17)18)2-3-10(13)16/h4-7,9H,2-3H2,1H3,(H2,13,16)(H,17,18)(H2,14,15,19)/t7?,9-/m1/s1. The molecule has 1 aromatic heterocycles. The summed E-state index contributed by atoms with van der Waals surface area (Å²) in [5.41, 5.74) is 5.90. The van der Waals surface area contributed by atoms with Gasteiger partial charge in [0, 0.05) is 6.42 Å². The fourth-order valence-corrected chi connectivity index (χ4v) is 2.30. The number of nitrogens with one attached hydrogen (secondary N) is 2. The Kier molecular flexibility index (Phi) is 5.98. The molecular weight excluding hydrogens is 282 g/mol. The van der Waals surface area contributed by atoms with Crippen molar-refractivity contribution in [3.63, 3.8) is 0 Å². The fourth-order valence-electron chi connectivity index (χ4n) is 1.55. The Bertz CT molecular complexity index is 475. The Hall–Kier alpha value is -2.09. The van der Waals surface area contributed by atoms with E-state index in [1.165, 1.54) is 11.3 Å². The van der Waals surface area contributed by atoms with Gasteiger partial charge in [-0.05, 0) is 35.7 Å². The summed E-state index contributed by atoms with van der Waals surface area (Å²) >= 11 is 1.51. The highest BCUT2D eigenvalue weighted by Crippen LogP contribution is 2.15. The maximum Gasteiger partial charge on any atom is 0.326 e. The van der Waals surface area contributed by atoms with Gasteiger partial charge in [-0.3, -0.25) is 4.79 Å². The second-order valence-corrected chi connectivity index (χ2v) is 5.07. The van der Waals surface area contributed by atoms with E-state index in [-0.39, 0.29) is 18.9 Å². The zero-order valence-electron chi connectivity index (χ0n) is 11.0. The Balaban J connectivity index is 2.49. The summed E-state index contributed by atoms with van der Waals surface area (Å²) in [6.07, 6.45) is -0.137. The second kappa shape index (κ2) is 7.49. The second-order valence-electron chi connectivity index (χ2n) is 4.29. The summed E-state index contributed by atoms with van der Waals surface area (Å²) in [7, 11) is 0. The molecule has 0 saturated carbocycles. The molecule has 0 saturated heterocycles. The first-order valence-electron chi connectivity index (χ1n) is 6.00. The third-order valence-electron chi connectivity index (χ3n) is 2.67. The van der Waals surface area contributed by atoms with E-state index in [0.717, 1.165) is 5.56 Å². The van der Waals surface area contributed by atoms with E-state index in [2.05, 4.69) is 10.6 Å². The number of carboxylic acids is 1. The molecule has 1 unspecified atom stereocenters. The molecule has 0 aliphatic carbocycles. The monoisotopic (exact) mass is 299 g/mol. The smallest absolute Gasteiger partial charge is 0.326 e. The number of hydrogen-bond donors (Lipinski definition) is 4. The van der Waals surface area contributed by atoms with Crippen molar-refractivity contribution in [3.8, 4) is 0 Å². The lowest BCUT2D eigenvalue weighted by Crippen LogP contribution is -2.46. The van der Waals surface area contributed by atoms with Crippen LogP contribution in [-0.2, 0) is 9.59 Å². The molecule has 1 aromatic rings. The number of rotatable bonds is 7. The van der Waals surface area contributed by atoms with E-state index in [1.807, 2.05) is 16.8 Å². The first kappa shape index (κ1) is 16.0. The van der Waals surface area contributed by atoms with Crippen LogP contribution in [0.2, 0.25) is 0 Å². The number of amides is 3. The zero-order chi connectivity index (χ0) is 15.1. The summed E-state index contributed by atoms with van der Waals surface area (Å²) in [6.45, 7) is 1.79. The Morgan fingerprint density at radius 3 is 2.60 bits per heavy atom. The van der Waals surface area contributed by atoms with Crippen molar-refractivity contribution < 1.29 is 19.5 Å². The number of carboxylic acid groups (broad SMARTS) is 1. The molecule has 0 bridgehead atoms. The quantitative estimate of drug-likeness (QED) is 0.595. The van der Waals surface area contributed by atoms with Crippen LogP contribution in [0.1, 0.15) is 31.4 Å². The van der Waals surface area contributed by atoms with Gasteiger partial charge in [0.05, 0.1) is 6.04 Å². The van der Waals surface area contributed by atoms with Gasteiger partial charge in [0.2, 0.25) is 5.91 Å². The van der Waals surface area contributed by atoms with Crippen LogP contribution in [0.5, 0.6) is 0 Å². The number of carbonyl (C=O) groups is 3. The Morgan fingerprint density at radius 2 is 2.10 bits per heavy atom. The summed E-state index contributed by atoms with van der Waals surface area (Å²) in [4.78, 5) is 33.3. The number of aliphatic carboxylic acids is 1. The third-order valence-corrected chi connectivity index (χ3v) is 3.38. The highest BCUT2D eigenvalue weighted by atomic mass is 32.1. The van der Waals surface area contributed by atoms with Gasteiger partial charge in [-0.15, -0.1) is 0 Å². The third kappa shape index (κ3) is 5.27. The fraction of sp³-hybridized carbons (Fsp3) is 0.417. The number of hydrogen-bond acceptors (Lipinski definition) is 4. The van der Waals surface area contributed by atoms with Gasteiger partial charge >= 0.3 is 12.0 Å². The van der Waals surface area contributed by atoms with Crippen LogP contribution in [-0.4, -0.2) is 29.1 Å². The van der Waals surface area contributed by atoms with Crippen LogP contribution in [0, 0.1) is 0 Å². The lowest BCUT2D eigenvalue weighted by molar-refractivity contribution is -0.139. The maximum atomic E-state index is 11.7. The molecule has 7 nitrogen and oxygen atoms in total. The van der Waals surface area contributed by atoms with Crippen molar-refractivity contribution in [2.45, 2.75) is 31.8 Å². The molecule has 0 aliphatic rings. The minimum absolute atomic E-state index is 0.0368. The number of urea groups is 1. The van der Waals surface area contributed by atoms with Crippen LogP contribution in [0.15, 0.2) is 16.8 Å². The van der Waals surface area contributed by atoms with Crippen molar-refractivity contribution in [3.05, 3.63) is 22.4 Å². The van der Waals surface area contributed by atoms with E-state index in [4.69, 9.17) is 10.8 Å². The number of primary amides is 1. The molecule has 5 N–H and O–H groups in total. The average molecular weight is 299 g/mol. The lowest BCUT2D eigenvalue weighted by Gasteiger charge is -2.17. The van der Waals surface area contributed by atoms with Crippen LogP contribution < -0.4 is 16.4 Å².